The van der Waals surface area contributed by atoms with Crippen molar-refractivity contribution < 1.29 is 19.1 Å². The summed E-state index contributed by atoms with van der Waals surface area (Å²) >= 11 is 3.65. The van der Waals surface area contributed by atoms with Crippen molar-refractivity contribution in [3.63, 3.8) is 0 Å². The van der Waals surface area contributed by atoms with Crippen LogP contribution in [-0.4, -0.2) is 24.5 Å². The normalized spacial score (nSPS) is 10.9. The van der Waals surface area contributed by atoms with Crippen molar-refractivity contribution in [1.29, 1.82) is 0 Å². The quantitative estimate of drug-likeness (QED) is 0.353. The van der Waals surface area contributed by atoms with Crippen LogP contribution in [0.15, 0.2) is 0 Å². The molecule has 0 bridgehead atoms. The molecule has 0 aliphatic heterocycles. The molecule has 0 amide bonds. The third kappa shape index (κ3) is 5.94. The van der Waals surface area contributed by atoms with Gasteiger partial charge in [0.25, 0.3) is 0 Å². The molecule has 0 radical (unpaired) electrons. The van der Waals surface area contributed by atoms with E-state index in [1.54, 1.807) is 0 Å². The van der Waals surface area contributed by atoms with E-state index >= 15 is 0 Å². The van der Waals surface area contributed by atoms with Gasteiger partial charge in [0.1, 0.15) is 13.2 Å². The molecule has 0 aliphatic carbocycles. The number of thiol groups is 1. The summed E-state index contributed by atoms with van der Waals surface area (Å²) in [6, 6.07) is 0. The molecule has 4 nitrogen and oxygen atoms in total. The zero-order valence-corrected chi connectivity index (χ0v) is 10.8. The van der Waals surface area contributed by atoms with Crippen molar-refractivity contribution in [2.24, 2.45) is 5.41 Å². The van der Waals surface area contributed by atoms with E-state index in [4.69, 9.17) is 4.74 Å². The molecule has 0 aromatic rings. The van der Waals surface area contributed by atoms with Crippen LogP contribution in [0.25, 0.3) is 0 Å². The van der Waals surface area contributed by atoms with Crippen molar-refractivity contribution in [3.8, 4) is 0 Å². The van der Waals surface area contributed by atoms with E-state index in [0.717, 1.165) is 0 Å². The highest BCUT2D eigenvalue weighted by molar-refractivity contribution is 8.74. The number of hydrogen-bond donors (Lipinski definition) is 1. The van der Waals surface area contributed by atoms with E-state index in [-0.39, 0.29) is 19.2 Å². The molecule has 0 aromatic carbocycles. The fourth-order valence-electron chi connectivity index (χ4n) is 0.625. The fraction of sp³-hybridized carbons (Fsp3) is 0.778. The minimum absolute atomic E-state index is 0.0674. The van der Waals surface area contributed by atoms with E-state index in [1.807, 2.05) is 20.8 Å². The van der Waals surface area contributed by atoms with Crippen molar-refractivity contribution in [2.75, 3.05) is 13.2 Å². The number of rotatable bonds is 5. The number of hydrogen-bond acceptors (Lipinski definition) is 6. The van der Waals surface area contributed by atoms with Crippen molar-refractivity contribution in [2.45, 2.75) is 27.2 Å². The molecule has 0 spiro atoms. The predicted molar refractivity (Wildman–Crippen MR) is 63.0 cm³/mol. The maximum absolute atomic E-state index is 11.4. The lowest BCUT2D eigenvalue weighted by atomic mass is 9.91. The van der Waals surface area contributed by atoms with Crippen LogP contribution in [0.3, 0.4) is 0 Å². The van der Waals surface area contributed by atoms with Crippen LogP contribution in [0.1, 0.15) is 27.2 Å². The Kier molecular flexibility index (Phi) is 6.84. The average Bonchev–Trinajstić information content (AvgIpc) is 2.23. The first-order valence-electron chi connectivity index (χ1n) is 4.59. The molecule has 0 N–H and O–H groups in total. The van der Waals surface area contributed by atoms with Crippen LogP contribution in [0.4, 0.5) is 4.79 Å². The second kappa shape index (κ2) is 7.00. The smallest absolute Gasteiger partial charge is 0.377 e. The Morgan fingerprint density at radius 2 is 1.80 bits per heavy atom. The van der Waals surface area contributed by atoms with Crippen molar-refractivity contribution >= 4 is 33.7 Å². The van der Waals surface area contributed by atoms with Crippen molar-refractivity contribution in [3.05, 3.63) is 0 Å². The number of carbonyl (C=O) groups excluding carboxylic acids is 2. The minimum atomic E-state index is -0.496. The molecule has 0 aliphatic rings. The zero-order valence-electron chi connectivity index (χ0n) is 9.11. The Bertz CT molecular complexity index is 228. The van der Waals surface area contributed by atoms with Crippen LogP contribution in [0.5, 0.6) is 0 Å². The van der Waals surface area contributed by atoms with Crippen LogP contribution >= 0.6 is 22.5 Å². The maximum atomic E-state index is 11.4. The summed E-state index contributed by atoms with van der Waals surface area (Å²) in [5.74, 6) is -0.278. The van der Waals surface area contributed by atoms with E-state index in [2.05, 4.69) is 16.4 Å². The van der Waals surface area contributed by atoms with Gasteiger partial charge in [0.05, 0.1) is 5.41 Å². The van der Waals surface area contributed by atoms with Gasteiger partial charge in [0, 0.05) is 10.8 Å². The van der Waals surface area contributed by atoms with Gasteiger partial charge >= 0.3 is 11.3 Å². The second-order valence-electron chi connectivity index (χ2n) is 3.56. The van der Waals surface area contributed by atoms with Gasteiger partial charge in [-0.2, -0.15) is 0 Å². The number of ether oxygens (including phenoxy) is 2. The molecule has 0 unspecified atom stereocenters. The van der Waals surface area contributed by atoms with Gasteiger partial charge in [0.15, 0.2) is 0 Å². The largest absolute Gasteiger partial charge is 0.462 e. The summed E-state index contributed by atoms with van der Waals surface area (Å²) in [4.78, 5) is 22.1. The summed E-state index contributed by atoms with van der Waals surface area (Å²) in [5.41, 5.74) is -0.484. The summed E-state index contributed by atoms with van der Waals surface area (Å²) in [6.07, 6.45) is 0.706. The van der Waals surface area contributed by atoms with Crippen LogP contribution in [0, 0.1) is 5.41 Å². The van der Waals surface area contributed by atoms with Crippen LogP contribution in [-0.2, 0) is 14.3 Å². The monoisotopic (exact) mass is 252 g/mol. The Morgan fingerprint density at radius 3 is 2.27 bits per heavy atom. The molecule has 0 atom stereocenters. The second-order valence-corrected chi connectivity index (χ2v) is 4.63. The molecule has 0 aromatic heterocycles. The maximum Gasteiger partial charge on any atom is 0.377 e. The molecule has 0 heterocycles. The van der Waals surface area contributed by atoms with E-state index in [1.165, 1.54) is 0 Å². The molecular formula is C9H16O4S2. The Labute approximate surface area is 98.9 Å². The van der Waals surface area contributed by atoms with Gasteiger partial charge in [-0.3, -0.25) is 4.79 Å². The topological polar surface area (TPSA) is 52.6 Å². The molecule has 0 saturated carbocycles. The summed E-state index contributed by atoms with van der Waals surface area (Å²) in [5, 5.41) is -0.496. The van der Waals surface area contributed by atoms with E-state index in [0.29, 0.717) is 17.2 Å². The van der Waals surface area contributed by atoms with Crippen molar-refractivity contribution in [1.82, 2.24) is 0 Å². The number of carbonyl (C=O) groups is 2. The lowest BCUT2D eigenvalue weighted by molar-refractivity contribution is -0.155. The highest BCUT2D eigenvalue weighted by Crippen LogP contribution is 2.21. The van der Waals surface area contributed by atoms with Gasteiger partial charge in [0.2, 0.25) is 0 Å². The van der Waals surface area contributed by atoms with Gasteiger partial charge < -0.3 is 9.47 Å². The lowest BCUT2D eigenvalue weighted by Gasteiger charge is -2.20. The Morgan fingerprint density at radius 1 is 1.27 bits per heavy atom. The van der Waals surface area contributed by atoms with Crippen LogP contribution in [0.2, 0.25) is 0 Å². The molecule has 88 valence electrons. The summed E-state index contributed by atoms with van der Waals surface area (Å²) in [6.45, 7) is 5.69. The molecular weight excluding hydrogens is 236 g/mol. The van der Waals surface area contributed by atoms with E-state index in [9.17, 15) is 9.59 Å². The molecule has 0 saturated heterocycles. The van der Waals surface area contributed by atoms with Gasteiger partial charge in [-0.15, -0.1) is 0 Å². The highest BCUT2D eigenvalue weighted by atomic mass is 33.1. The first-order valence-corrected chi connectivity index (χ1v) is 6.46. The van der Waals surface area contributed by atoms with Gasteiger partial charge in [-0.05, 0) is 20.3 Å². The average molecular weight is 252 g/mol. The zero-order chi connectivity index (χ0) is 11.9. The Hall–Kier alpha value is -0.360. The Balaban J connectivity index is 3.69. The summed E-state index contributed by atoms with van der Waals surface area (Å²) in [7, 11) is 0.687. The van der Waals surface area contributed by atoms with Crippen LogP contribution < -0.4 is 0 Å². The molecule has 15 heavy (non-hydrogen) atoms. The van der Waals surface area contributed by atoms with Gasteiger partial charge in [-0.25, -0.2) is 4.79 Å². The first-order chi connectivity index (χ1) is 6.94. The summed E-state index contributed by atoms with van der Waals surface area (Å²) < 4.78 is 9.60. The minimum Gasteiger partial charge on any atom is -0.462 e. The standard InChI is InChI=1S/C9H16O4S2/c1-4-9(2,3)7(10)12-5-6-13-8(11)15-14/h14H,4-6H2,1-3H3. The third-order valence-corrected chi connectivity index (χ3v) is 2.76. The fourth-order valence-corrected chi connectivity index (χ4v) is 0.920. The lowest BCUT2D eigenvalue weighted by Crippen LogP contribution is -2.27. The SMILES string of the molecule is CCC(C)(C)C(=O)OCCOC(=O)SS. The van der Waals surface area contributed by atoms with E-state index < -0.39 is 10.7 Å². The highest BCUT2D eigenvalue weighted by Gasteiger charge is 2.26. The van der Waals surface area contributed by atoms with Gasteiger partial charge in [-0.1, -0.05) is 18.6 Å². The third-order valence-electron chi connectivity index (χ3n) is 2.05. The number of esters is 1. The predicted octanol–water partition coefficient (Wildman–Crippen LogP) is 2.68. The molecule has 6 heteroatoms. The molecule has 0 rings (SSSR count). The first kappa shape index (κ1) is 14.6. The molecule has 0 fully saturated rings.